The van der Waals surface area contributed by atoms with Crippen LogP contribution in [-0.4, -0.2) is 52.3 Å². The van der Waals surface area contributed by atoms with Crippen molar-refractivity contribution >= 4 is 19.8 Å². The number of aliphatic hydroxyl groups excluding tert-OH is 1. The largest absolute Gasteiger partial charge is 0.469 e. The minimum atomic E-state index is -4.81. The highest BCUT2D eigenvalue weighted by atomic mass is 31.2. The summed E-state index contributed by atoms with van der Waals surface area (Å²) in [5.74, 6) is -1.10. The minimum absolute atomic E-state index is 0.0191. The van der Waals surface area contributed by atoms with Crippen molar-refractivity contribution in [2.24, 2.45) is 0 Å². The molecule has 0 rings (SSSR count). The van der Waals surface area contributed by atoms with E-state index >= 15 is 0 Å². The Balaban J connectivity index is 4.18. The SMILES string of the molecule is CCCCC/C=C\C/C=C\C/C=C\C=C\[C@H](O)CCCC(=O)O[C@H](COC(=O)CCCCCCCCC/C=C\CCCCCC)COP(=O)(O)O. The number of aliphatic hydroxyl groups is 1. The van der Waals surface area contributed by atoms with Crippen LogP contribution in [0.4, 0.5) is 0 Å². The molecular formula is C41H71O9P. The highest BCUT2D eigenvalue weighted by Gasteiger charge is 2.23. The number of rotatable bonds is 35. The topological polar surface area (TPSA) is 140 Å². The molecule has 0 aromatic heterocycles. The van der Waals surface area contributed by atoms with Gasteiger partial charge in [0.05, 0.1) is 12.7 Å². The van der Waals surface area contributed by atoms with Crippen LogP contribution in [-0.2, 0) is 28.2 Å². The van der Waals surface area contributed by atoms with Crippen molar-refractivity contribution in [1.29, 1.82) is 0 Å². The summed E-state index contributed by atoms with van der Waals surface area (Å²) in [5, 5.41) is 10.2. The third kappa shape index (κ3) is 38.8. The Morgan fingerprint density at radius 1 is 0.608 bits per heavy atom. The lowest BCUT2D eigenvalue weighted by molar-refractivity contribution is -0.161. The van der Waals surface area contributed by atoms with Crippen molar-refractivity contribution in [1.82, 2.24) is 0 Å². The van der Waals surface area contributed by atoms with Gasteiger partial charge in [-0.15, -0.1) is 0 Å². The Morgan fingerprint density at radius 2 is 1.12 bits per heavy atom. The second kappa shape index (κ2) is 36.1. The Kier molecular flexibility index (Phi) is 34.5. The van der Waals surface area contributed by atoms with Gasteiger partial charge in [-0.25, -0.2) is 4.57 Å². The maximum atomic E-state index is 12.4. The number of allylic oxidation sites excluding steroid dienone is 9. The molecule has 0 amide bonds. The molecule has 2 atom stereocenters. The van der Waals surface area contributed by atoms with Gasteiger partial charge in [0.15, 0.2) is 6.10 Å². The van der Waals surface area contributed by atoms with E-state index in [2.05, 4.69) is 54.8 Å². The molecular weight excluding hydrogens is 667 g/mol. The van der Waals surface area contributed by atoms with Crippen LogP contribution in [0.15, 0.2) is 60.8 Å². The number of hydrogen-bond acceptors (Lipinski definition) is 7. The van der Waals surface area contributed by atoms with Gasteiger partial charge in [-0.2, -0.15) is 0 Å². The summed E-state index contributed by atoms with van der Waals surface area (Å²) < 4.78 is 26.2. The van der Waals surface area contributed by atoms with Crippen molar-refractivity contribution < 1.29 is 43.0 Å². The molecule has 0 radical (unpaired) electrons. The molecule has 0 aromatic carbocycles. The summed E-state index contributed by atoms with van der Waals surface area (Å²) in [4.78, 5) is 42.8. The van der Waals surface area contributed by atoms with E-state index in [9.17, 15) is 19.3 Å². The Morgan fingerprint density at radius 3 is 1.76 bits per heavy atom. The number of carbonyl (C=O) groups excluding carboxylic acids is 2. The molecule has 294 valence electrons. The molecule has 0 aliphatic rings. The van der Waals surface area contributed by atoms with E-state index in [0.717, 1.165) is 44.9 Å². The van der Waals surface area contributed by atoms with Gasteiger partial charge in [-0.3, -0.25) is 14.1 Å². The summed E-state index contributed by atoms with van der Waals surface area (Å²) in [6, 6.07) is 0. The second-order valence-electron chi connectivity index (χ2n) is 13.1. The van der Waals surface area contributed by atoms with Crippen molar-refractivity contribution in [2.45, 2.75) is 174 Å². The molecule has 0 saturated carbocycles. The first-order chi connectivity index (χ1) is 24.7. The van der Waals surface area contributed by atoms with Crippen LogP contribution in [0.5, 0.6) is 0 Å². The number of carbonyl (C=O) groups is 2. The molecule has 9 nitrogen and oxygen atoms in total. The number of ether oxygens (including phenoxy) is 2. The van der Waals surface area contributed by atoms with Crippen molar-refractivity contribution in [3.63, 3.8) is 0 Å². The molecule has 51 heavy (non-hydrogen) atoms. The Hall–Kier alpha value is -2.29. The predicted molar refractivity (Wildman–Crippen MR) is 208 cm³/mol. The van der Waals surface area contributed by atoms with E-state index in [1.165, 1.54) is 70.6 Å². The van der Waals surface area contributed by atoms with Crippen LogP contribution in [0, 0.1) is 0 Å². The molecule has 0 aliphatic heterocycles. The third-order valence-electron chi connectivity index (χ3n) is 8.11. The second-order valence-corrected chi connectivity index (χ2v) is 14.3. The first kappa shape index (κ1) is 48.7. The zero-order chi connectivity index (χ0) is 37.7. The van der Waals surface area contributed by atoms with Gasteiger partial charge < -0.3 is 24.4 Å². The molecule has 0 aromatic rings. The lowest BCUT2D eigenvalue weighted by Gasteiger charge is -2.18. The van der Waals surface area contributed by atoms with Crippen molar-refractivity contribution in [3.8, 4) is 0 Å². The molecule has 0 aliphatic carbocycles. The quantitative estimate of drug-likeness (QED) is 0.0190. The van der Waals surface area contributed by atoms with Crippen LogP contribution in [0.2, 0.25) is 0 Å². The van der Waals surface area contributed by atoms with Gasteiger partial charge in [-0.1, -0.05) is 139 Å². The fourth-order valence-corrected chi connectivity index (χ4v) is 5.48. The smallest absolute Gasteiger partial charge is 0.462 e. The zero-order valence-electron chi connectivity index (χ0n) is 31.8. The lowest BCUT2D eigenvalue weighted by Crippen LogP contribution is -2.29. The number of unbranched alkanes of at least 4 members (excludes halogenated alkanes) is 14. The van der Waals surface area contributed by atoms with Crippen LogP contribution < -0.4 is 0 Å². The standard InChI is InChI=1S/C41H71O9P/c1-3-5-7-9-11-13-15-17-18-20-22-24-26-28-30-34-40(43)48-36-39(37-49-51(45,46)47)50-41(44)35-31-33-38(42)32-29-27-25-23-21-19-16-14-12-10-8-6-4-2/h12-15,19,21,25,27,29,32,38-39,42H,3-11,16-18,20,22-24,26,28,30-31,33-37H2,1-2H3,(H2,45,46,47)/b14-12-,15-13-,21-19-,27-25-,32-29+/t38-,39+/m0/s1. The molecule has 0 bridgehead atoms. The lowest BCUT2D eigenvalue weighted by atomic mass is 10.1. The van der Waals surface area contributed by atoms with Gasteiger partial charge >= 0.3 is 19.8 Å². The van der Waals surface area contributed by atoms with E-state index < -0.39 is 38.6 Å². The summed E-state index contributed by atoms with van der Waals surface area (Å²) in [5.41, 5.74) is 0. The minimum Gasteiger partial charge on any atom is -0.462 e. The number of phosphoric acid groups is 1. The van der Waals surface area contributed by atoms with E-state index in [1.54, 1.807) is 12.2 Å². The van der Waals surface area contributed by atoms with Crippen molar-refractivity contribution in [3.05, 3.63) is 60.8 Å². The molecule has 0 saturated heterocycles. The van der Waals surface area contributed by atoms with Gasteiger partial charge in [0, 0.05) is 12.8 Å². The van der Waals surface area contributed by atoms with Crippen molar-refractivity contribution in [2.75, 3.05) is 13.2 Å². The van der Waals surface area contributed by atoms with E-state index in [1.807, 2.05) is 12.2 Å². The molecule has 0 heterocycles. The van der Waals surface area contributed by atoms with Gasteiger partial charge in [0.2, 0.25) is 0 Å². The predicted octanol–water partition coefficient (Wildman–Crippen LogP) is 10.7. The van der Waals surface area contributed by atoms with Crippen LogP contribution >= 0.6 is 7.82 Å². The first-order valence-electron chi connectivity index (χ1n) is 19.7. The van der Waals surface area contributed by atoms with Gasteiger partial charge in [0.25, 0.3) is 0 Å². The normalized spacial score (nSPS) is 13.7. The number of hydrogen-bond donors (Lipinski definition) is 3. The highest BCUT2D eigenvalue weighted by molar-refractivity contribution is 7.46. The number of phosphoric ester groups is 1. The van der Waals surface area contributed by atoms with Crippen LogP contribution in [0.3, 0.4) is 0 Å². The molecule has 0 unspecified atom stereocenters. The average molecular weight is 739 g/mol. The van der Waals surface area contributed by atoms with Gasteiger partial charge in [0.1, 0.15) is 6.61 Å². The fourth-order valence-electron chi connectivity index (χ4n) is 5.12. The summed E-state index contributed by atoms with van der Waals surface area (Å²) in [6.45, 7) is 3.46. The highest BCUT2D eigenvalue weighted by Crippen LogP contribution is 2.36. The average Bonchev–Trinajstić information content (AvgIpc) is 3.09. The number of esters is 2. The Labute approximate surface area is 309 Å². The molecule has 10 heteroatoms. The maximum absolute atomic E-state index is 12.4. The van der Waals surface area contributed by atoms with Crippen LogP contribution in [0.1, 0.15) is 162 Å². The maximum Gasteiger partial charge on any atom is 0.469 e. The Bertz CT molecular complexity index is 1030. The summed E-state index contributed by atoms with van der Waals surface area (Å²) in [7, 11) is -4.81. The third-order valence-corrected chi connectivity index (χ3v) is 8.60. The van der Waals surface area contributed by atoms with Crippen LogP contribution in [0.25, 0.3) is 0 Å². The van der Waals surface area contributed by atoms with E-state index in [0.29, 0.717) is 19.3 Å². The summed E-state index contributed by atoms with van der Waals surface area (Å²) in [6.07, 6.45) is 41.1. The first-order valence-corrected chi connectivity index (χ1v) is 21.2. The summed E-state index contributed by atoms with van der Waals surface area (Å²) >= 11 is 0. The van der Waals surface area contributed by atoms with E-state index in [-0.39, 0.29) is 19.4 Å². The fraction of sp³-hybridized carbons (Fsp3) is 0.707. The molecule has 3 N–H and O–H groups in total. The van der Waals surface area contributed by atoms with Gasteiger partial charge in [-0.05, 0) is 70.6 Å². The van der Waals surface area contributed by atoms with E-state index in [4.69, 9.17) is 19.3 Å². The molecule has 0 fully saturated rings. The zero-order valence-corrected chi connectivity index (χ0v) is 32.7. The monoisotopic (exact) mass is 738 g/mol. The molecule has 0 spiro atoms.